The van der Waals surface area contributed by atoms with E-state index in [0.29, 0.717) is 24.7 Å². The summed E-state index contributed by atoms with van der Waals surface area (Å²) in [5.41, 5.74) is 6.27. The minimum absolute atomic E-state index is 0.259. The maximum atomic E-state index is 13.6. The van der Waals surface area contributed by atoms with Gasteiger partial charge in [0.05, 0.1) is 16.4 Å². The molecule has 0 radical (unpaired) electrons. The SMILES string of the molecule is Cc1cc(Cl)cnc1CN(CCCCN(C)C(=O)NO)Cc1ncccc1C(C)(C)c1ccc(F)cc1. The number of rotatable bonds is 11. The highest BCUT2D eigenvalue weighted by molar-refractivity contribution is 6.30. The Morgan fingerprint density at radius 1 is 1.08 bits per heavy atom. The number of hydroxylamine groups is 1. The lowest BCUT2D eigenvalue weighted by atomic mass is 9.77. The lowest BCUT2D eigenvalue weighted by Gasteiger charge is -2.30. The zero-order valence-corrected chi connectivity index (χ0v) is 22.6. The number of nitrogens with zero attached hydrogens (tertiary/aromatic N) is 4. The number of benzene rings is 1. The monoisotopic (exact) mass is 527 g/mol. The second-order valence-corrected chi connectivity index (χ2v) is 10.2. The number of carbonyl (C=O) groups excluding carboxylic acids is 1. The number of unbranched alkanes of at least 4 members (excludes halogenated alkanes) is 1. The molecule has 2 aromatic heterocycles. The van der Waals surface area contributed by atoms with Crippen molar-refractivity contribution in [1.29, 1.82) is 0 Å². The molecule has 198 valence electrons. The van der Waals surface area contributed by atoms with Gasteiger partial charge in [0.1, 0.15) is 5.82 Å². The number of carbonyl (C=O) groups is 1. The zero-order chi connectivity index (χ0) is 27.0. The molecule has 0 saturated carbocycles. The van der Waals surface area contributed by atoms with E-state index in [1.807, 2.05) is 31.2 Å². The molecular formula is C28H35ClFN5O2. The van der Waals surface area contributed by atoms with Gasteiger partial charge in [0.2, 0.25) is 0 Å². The van der Waals surface area contributed by atoms with Crippen LogP contribution in [0, 0.1) is 12.7 Å². The first-order valence-electron chi connectivity index (χ1n) is 12.3. The maximum Gasteiger partial charge on any atom is 0.340 e. The number of halogens is 2. The molecule has 0 aliphatic carbocycles. The fraction of sp³-hybridized carbons (Fsp3) is 0.393. The molecule has 0 fully saturated rings. The van der Waals surface area contributed by atoms with Gasteiger partial charge in [0, 0.05) is 44.5 Å². The molecule has 0 atom stereocenters. The Labute approximate surface area is 223 Å². The Morgan fingerprint density at radius 3 is 2.43 bits per heavy atom. The second kappa shape index (κ2) is 12.9. The molecule has 3 rings (SSSR count). The van der Waals surface area contributed by atoms with Gasteiger partial charge in [-0.25, -0.2) is 14.7 Å². The van der Waals surface area contributed by atoms with Crippen LogP contribution in [0.25, 0.3) is 0 Å². The van der Waals surface area contributed by atoms with Crippen molar-refractivity contribution in [3.8, 4) is 0 Å². The number of pyridine rings is 2. The van der Waals surface area contributed by atoms with Gasteiger partial charge >= 0.3 is 6.03 Å². The van der Waals surface area contributed by atoms with E-state index in [-0.39, 0.29) is 11.2 Å². The average Bonchev–Trinajstić information content (AvgIpc) is 2.88. The van der Waals surface area contributed by atoms with Crippen LogP contribution in [0.3, 0.4) is 0 Å². The minimum Gasteiger partial charge on any atom is -0.326 e. The molecule has 2 amide bonds. The van der Waals surface area contributed by atoms with Gasteiger partial charge in [-0.05, 0) is 67.3 Å². The number of urea groups is 1. The third-order valence-corrected chi connectivity index (χ3v) is 6.90. The van der Waals surface area contributed by atoms with Crippen molar-refractivity contribution < 1.29 is 14.4 Å². The van der Waals surface area contributed by atoms with Crippen LogP contribution in [-0.2, 0) is 18.5 Å². The lowest BCUT2D eigenvalue weighted by molar-refractivity contribution is 0.135. The van der Waals surface area contributed by atoms with Crippen molar-refractivity contribution in [3.05, 3.63) is 93.8 Å². The maximum absolute atomic E-state index is 13.6. The predicted octanol–water partition coefficient (Wildman–Crippen LogP) is 5.72. The number of aryl methyl sites for hydroxylation is 1. The van der Waals surface area contributed by atoms with Crippen molar-refractivity contribution in [1.82, 2.24) is 25.2 Å². The summed E-state index contributed by atoms with van der Waals surface area (Å²) in [4.78, 5) is 24.6. The van der Waals surface area contributed by atoms with E-state index in [0.717, 1.165) is 47.5 Å². The molecule has 0 saturated heterocycles. The first kappa shape index (κ1) is 28.5. The Morgan fingerprint density at radius 2 is 1.76 bits per heavy atom. The number of nitrogens with one attached hydrogen (secondary N) is 1. The predicted molar refractivity (Wildman–Crippen MR) is 143 cm³/mol. The van der Waals surface area contributed by atoms with Gasteiger partial charge in [-0.15, -0.1) is 0 Å². The highest BCUT2D eigenvalue weighted by Gasteiger charge is 2.27. The summed E-state index contributed by atoms with van der Waals surface area (Å²) in [6.07, 6.45) is 5.06. The summed E-state index contributed by atoms with van der Waals surface area (Å²) in [5, 5.41) is 9.42. The largest absolute Gasteiger partial charge is 0.340 e. The van der Waals surface area contributed by atoms with E-state index >= 15 is 0 Å². The van der Waals surface area contributed by atoms with Crippen LogP contribution in [0.2, 0.25) is 5.02 Å². The molecule has 0 aliphatic heterocycles. The summed E-state index contributed by atoms with van der Waals surface area (Å²) in [6.45, 7) is 8.73. The summed E-state index contributed by atoms with van der Waals surface area (Å²) in [7, 11) is 1.64. The van der Waals surface area contributed by atoms with E-state index in [9.17, 15) is 9.18 Å². The molecule has 2 N–H and O–H groups in total. The Kier molecular flexibility index (Phi) is 9.97. The molecule has 37 heavy (non-hydrogen) atoms. The van der Waals surface area contributed by atoms with E-state index in [1.165, 1.54) is 17.0 Å². The highest BCUT2D eigenvalue weighted by Crippen LogP contribution is 2.33. The van der Waals surface area contributed by atoms with Gasteiger partial charge in [-0.1, -0.05) is 43.6 Å². The molecule has 0 bridgehead atoms. The second-order valence-electron chi connectivity index (χ2n) is 9.80. The molecule has 0 spiro atoms. The first-order valence-corrected chi connectivity index (χ1v) is 12.7. The smallest absolute Gasteiger partial charge is 0.326 e. The zero-order valence-electron chi connectivity index (χ0n) is 21.8. The summed E-state index contributed by atoms with van der Waals surface area (Å²) in [5.74, 6) is -0.259. The Balaban J connectivity index is 1.83. The molecular weight excluding hydrogens is 493 g/mol. The van der Waals surface area contributed by atoms with Crippen LogP contribution in [-0.4, -0.2) is 51.1 Å². The van der Waals surface area contributed by atoms with Crippen molar-refractivity contribution in [2.45, 2.75) is 52.1 Å². The van der Waals surface area contributed by atoms with Gasteiger partial charge in [0.25, 0.3) is 0 Å². The van der Waals surface area contributed by atoms with E-state index in [2.05, 4.69) is 29.8 Å². The van der Waals surface area contributed by atoms with Crippen LogP contribution in [0.4, 0.5) is 9.18 Å². The number of amides is 2. The van der Waals surface area contributed by atoms with Crippen LogP contribution in [0.1, 0.15) is 54.8 Å². The van der Waals surface area contributed by atoms with E-state index < -0.39 is 6.03 Å². The third-order valence-electron chi connectivity index (χ3n) is 6.69. The van der Waals surface area contributed by atoms with Crippen LogP contribution in [0.5, 0.6) is 0 Å². The topological polar surface area (TPSA) is 81.6 Å². The molecule has 7 nitrogen and oxygen atoms in total. The van der Waals surface area contributed by atoms with Crippen molar-refractivity contribution in [2.24, 2.45) is 0 Å². The number of hydrogen-bond acceptors (Lipinski definition) is 5. The standard InChI is InChI=1S/C28H35ClFN5O2/c1-20-16-22(29)17-32-25(20)18-35(15-6-5-14-34(4)27(36)33-37)19-26-24(8-7-13-31-26)28(2,3)21-9-11-23(30)12-10-21/h7-13,16-17,37H,5-6,14-15,18-19H2,1-4H3,(H,33,36). The minimum atomic E-state index is -0.529. The van der Waals surface area contributed by atoms with Gasteiger partial charge < -0.3 is 4.90 Å². The fourth-order valence-electron chi connectivity index (χ4n) is 4.40. The highest BCUT2D eigenvalue weighted by atomic mass is 35.5. The average molecular weight is 528 g/mol. The Bertz CT molecular complexity index is 1190. The molecule has 9 heteroatoms. The summed E-state index contributed by atoms with van der Waals surface area (Å²) in [6, 6.07) is 12.0. The molecule has 1 aromatic carbocycles. The normalized spacial score (nSPS) is 11.6. The molecule has 3 aromatic rings. The van der Waals surface area contributed by atoms with E-state index in [1.54, 1.807) is 24.9 Å². The summed E-state index contributed by atoms with van der Waals surface area (Å²) < 4.78 is 13.6. The summed E-state index contributed by atoms with van der Waals surface area (Å²) >= 11 is 6.13. The molecule has 0 unspecified atom stereocenters. The van der Waals surface area contributed by atoms with Crippen molar-refractivity contribution in [3.63, 3.8) is 0 Å². The van der Waals surface area contributed by atoms with Crippen LogP contribution >= 0.6 is 11.6 Å². The van der Waals surface area contributed by atoms with Crippen molar-refractivity contribution >= 4 is 17.6 Å². The van der Waals surface area contributed by atoms with Crippen LogP contribution in [0.15, 0.2) is 54.9 Å². The van der Waals surface area contributed by atoms with Gasteiger partial charge in [0.15, 0.2) is 0 Å². The van der Waals surface area contributed by atoms with Crippen molar-refractivity contribution in [2.75, 3.05) is 20.1 Å². The quantitative estimate of drug-likeness (QED) is 0.189. The van der Waals surface area contributed by atoms with Gasteiger partial charge in [-0.2, -0.15) is 0 Å². The van der Waals surface area contributed by atoms with Crippen LogP contribution < -0.4 is 5.48 Å². The Hall–Kier alpha value is -3.07. The number of hydrogen-bond donors (Lipinski definition) is 2. The van der Waals surface area contributed by atoms with Gasteiger partial charge in [-0.3, -0.25) is 20.1 Å². The fourth-order valence-corrected chi connectivity index (χ4v) is 4.61. The molecule has 0 aliphatic rings. The first-order chi connectivity index (χ1) is 17.6. The lowest BCUT2D eigenvalue weighted by Crippen LogP contribution is -2.36. The molecule has 2 heterocycles. The number of aromatic nitrogens is 2. The van der Waals surface area contributed by atoms with E-state index in [4.69, 9.17) is 21.8 Å². The third kappa shape index (κ3) is 7.71.